The number of hydrogen-bond donors (Lipinski definition) is 1. The van der Waals surface area contributed by atoms with Gasteiger partial charge in [0.15, 0.2) is 6.61 Å². The summed E-state index contributed by atoms with van der Waals surface area (Å²) in [4.78, 5) is 27.7. The lowest BCUT2D eigenvalue weighted by Gasteiger charge is -2.26. The maximum Gasteiger partial charge on any atom is 0.338 e. The van der Waals surface area contributed by atoms with Crippen molar-refractivity contribution in [3.63, 3.8) is 0 Å². The zero-order valence-corrected chi connectivity index (χ0v) is 12.7. The summed E-state index contributed by atoms with van der Waals surface area (Å²) in [5.41, 5.74) is 2.82. The number of pyridine rings is 1. The van der Waals surface area contributed by atoms with Crippen LogP contribution in [0.5, 0.6) is 0 Å². The van der Waals surface area contributed by atoms with Crippen LogP contribution in [0.15, 0.2) is 48.8 Å². The summed E-state index contributed by atoms with van der Waals surface area (Å²) in [7, 11) is 0. The van der Waals surface area contributed by atoms with Crippen LogP contribution in [0.4, 0.5) is 0 Å². The van der Waals surface area contributed by atoms with E-state index in [9.17, 15) is 9.59 Å². The van der Waals surface area contributed by atoms with Crippen LogP contribution in [0.1, 0.15) is 40.4 Å². The van der Waals surface area contributed by atoms with Gasteiger partial charge in [-0.25, -0.2) is 4.79 Å². The number of carbonyl (C=O) groups excluding carboxylic acids is 2. The van der Waals surface area contributed by atoms with Crippen LogP contribution in [0.3, 0.4) is 0 Å². The Bertz CT molecular complexity index is 700. The molecule has 3 rings (SSSR count). The number of nitrogens with zero attached hydrogens (tertiary/aromatic N) is 1. The fraction of sp³-hybridized carbons (Fsp3) is 0.278. The van der Waals surface area contributed by atoms with Crippen molar-refractivity contribution >= 4 is 11.9 Å². The smallest absolute Gasteiger partial charge is 0.338 e. The predicted octanol–water partition coefficient (Wildman–Crippen LogP) is 2.43. The molecule has 1 aliphatic rings. The minimum Gasteiger partial charge on any atom is -0.452 e. The fourth-order valence-electron chi connectivity index (χ4n) is 2.84. The van der Waals surface area contributed by atoms with E-state index >= 15 is 0 Å². The van der Waals surface area contributed by atoms with Crippen LogP contribution in [0.25, 0.3) is 0 Å². The molecule has 1 heterocycles. The number of aromatic nitrogens is 1. The molecule has 118 valence electrons. The quantitative estimate of drug-likeness (QED) is 0.881. The second-order valence-electron chi connectivity index (χ2n) is 5.52. The van der Waals surface area contributed by atoms with Crippen LogP contribution < -0.4 is 5.32 Å². The van der Waals surface area contributed by atoms with Crippen LogP contribution in [0.2, 0.25) is 0 Å². The molecule has 1 aromatic heterocycles. The highest BCUT2D eigenvalue weighted by Crippen LogP contribution is 2.29. The summed E-state index contributed by atoms with van der Waals surface area (Å²) in [6.07, 6.45) is 6.00. The van der Waals surface area contributed by atoms with E-state index in [2.05, 4.69) is 16.4 Å². The Kier molecular flexibility index (Phi) is 4.66. The second-order valence-corrected chi connectivity index (χ2v) is 5.52. The number of amides is 1. The van der Waals surface area contributed by atoms with Crippen molar-refractivity contribution in [1.29, 1.82) is 0 Å². The Labute approximate surface area is 134 Å². The largest absolute Gasteiger partial charge is 0.452 e. The molecule has 0 bridgehead atoms. The molecule has 0 saturated heterocycles. The lowest BCUT2D eigenvalue weighted by Crippen LogP contribution is -2.34. The summed E-state index contributed by atoms with van der Waals surface area (Å²) in [6.45, 7) is -0.278. The first-order chi connectivity index (χ1) is 11.2. The molecule has 1 atom stereocenters. The van der Waals surface area contributed by atoms with Gasteiger partial charge in [-0.1, -0.05) is 24.3 Å². The molecule has 1 aliphatic carbocycles. The van der Waals surface area contributed by atoms with E-state index in [0.29, 0.717) is 5.56 Å². The molecule has 0 saturated carbocycles. The van der Waals surface area contributed by atoms with E-state index in [1.54, 1.807) is 12.1 Å². The van der Waals surface area contributed by atoms with Crippen molar-refractivity contribution in [3.05, 3.63) is 65.5 Å². The van der Waals surface area contributed by atoms with E-state index in [0.717, 1.165) is 24.8 Å². The lowest BCUT2D eigenvalue weighted by atomic mass is 9.88. The van der Waals surface area contributed by atoms with Crippen LogP contribution >= 0.6 is 0 Å². The first-order valence-corrected chi connectivity index (χ1v) is 7.68. The number of aryl methyl sites for hydroxylation is 1. The Morgan fingerprint density at radius 2 is 1.96 bits per heavy atom. The van der Waals surface area contributed by atoms with Crippen molar-refractivity contribution < 1.29 is 14.3 Å². The SMILES string of the molecule is O=C(COC(=O)c1ccncc1)N[C@@H]1CCCc2ccccc21. The molecule has 0 fully saturated rings. The molecule has 1 amide bonds. The summed E-state index contributed by atoms with van der Waals surface area (Å²) in [6, 6.07) is 11.2. The van der Waals surface area contributed by atoms with Gasteiger partial charge >= 0.3 is 5.97 Å². The first-order valence-electron chi connectivity index (χ1n) is 7.68. The molecule has 1 aromatic carbocycles. The zero-order valence-electron chi connectivity index (χ0n) is 12.7. The average Bonchev–Trinajstić information content (AvgIpc) is 2.61. The molecular weight excluding hydrogens is 292 g/mol. The van der Waals surface area contributed by atoms with Crippen molar-refractivity contribution in [1.82, 2.24) is 10.3 Å². The number of benzene rings is 1. The number of ether oxygens (including phenoxy) is 1. The first kappa shape index (κ1) is 15.2. The molecule has 0 unspecified atom stereocenters. The number of nitrogens with one attached hydrogen (secondary N) is 1. The van der Waals surface area contributed by atoms with Crippen LogP contribution in [-0.2, 0) is 16.0 Å². The number of carbonyl (C=O) groups is 2. The van der Waals surface area contributed by atoms with E-state index in [1.807, 2.05) is 18.2 Å². The third-order valence-electron chi connectivity index (χ3n) is 3.96. The second kappa shape index (κ2) is 7.05. The standard InChI is InChI=1S/C18H18N2O3/c21-17(12-23-18(22)14-8-10-19-11-9-14)20-16-7-3-5-13-4-1-2-6-15(13)16/h1-2,4,6,8-11,16H,3,5,7,12H2,(H,20,21)/t16-/m1/s1. The van der Waals surface area contributed by atoms with Gasteiger partial charge in [0, 0.05) is 12.4 Å². The Hall–Kier alpha value is -2.69. The van der Waals surface area contributed by atoms with Crippen molar-refractivity contribution in [3.8, 4) is 0 Å². The molecule has 1 N–H and O–H groups in total. The normalized spacial score (nSPS) is 16.3. The third kappa shape index (κ3) is 3.74. The molecule has 0 aliphatic heterocycles. The lowest BCUT2D eigenvalue weighted by molar-refractivity contribution is -0.125. The minimum atomic E-state index is -0.522. The monoisotopic (exact) mass is 310 g/mol. The van der Waals surface area contributed by atoms with E-state index in [-0.39, 0.29) is 18.6 Å². The average molecular weight is 310 g/mol. The molecule has 0 radical (unpaired) electrons. The van der Waals surface area contributed by atoms with Crippen molar-refractivity contribution in [2.75, 3.05) is 6.61 Å². The van der Waals surface area contributed by atoms with Gasteiger partial charge in [0.2, 0.25) is 0 Å². The van der Waals surface area contributed by atoms with Crippen LogP contribution in [0, 0.1) is 0 Å². The maximum atomic E-state index is 12.1. The number of fused-ring (bicyclic) bond motifs is 1. The molecule has 2 aromatic rings. The Morgan fingerprint density at radius 1 is 1.17 bits per heavy atom. The van der Waals surface area contributed by atoms with E-state index < -0.39 is 5.97 Å². The number of rotatable bonds is 4. The van der Waals surface area contributed by atoms with Gasteiger partial charge in [0.25, 0.3) is 5.91 Å². The van der Waals surface area contributed by atoms with Gasteiger partial charge in [-0.2, -0.15) is 0 Å². The highest BCUT2D eigenvalue weighted by atomic mass is 16.5. The topological polar surface area (TPSA) is 68.3 Å². The summed E-state index contributed by atoms with van der Waals surface area (Å²) >= 11 is 0. The Morgan fingerprint density at radius 3 is 2.78 bits per heavy atom. The van der Waals surface area contributed by atoms with Gasteiger partial charge in [0.05, 0.1) is 11.6 Å². The fourth-order valence-corrected chi connectivity index (χ4v) is 2.84. The summed E-state index contributed by atoms with van der Waals surface area (Å²) in [5.74, 6) is -0.805. The van der Waals surface area contributed by atoms with Crippen molar-refractivity contribution in [2.24, 2.45) is 0 Å². The summed E-state index contributed by atoms with van der Waals surface area (Å²) in [5, 5.41) is 2.95. The molecule has 5 heteroatoms. The molecule has 0 spiro atoms. The predicted molar refractivity (Wildman–Crippen MR) is 84.8 cm³/mol. The molecule has 5 nitrogen and oxygen atoms in total. The maximum absolute atomic E-state index is 12.1. The van der Waals surface area contributed by atoms with Crippen molar-refractivity contribution in [2.45, 2.75) is 25.3 Å². The van der Waals surface area contributed by atoms with Gasteiger partial charge in [-0.05, 0) is 42.5 Å². The third-order valence-corrected chi connectivity index (χ3v) is 3.96. The molecule has 23 heavy (non-hydrogen) atoms. The van der Waals surface area contributed by atoms with Gasteiger partial charge in [0.1, 0.15) is 0 Å². The Balaban J connectivity index is 1.55. The van der Waals surface area contributed by atoms with Gasteiger partial charge in [-0.15, -0.1) is 0 Å². The highest BCUT2D eigenvalue weighted by molar-refractivity contribution is 5.91. The number of hydrogen-bond acceptors (Lipinski definition) is 4. The van der Waals surface area contributed by atoms with E-state index in [4.69, 9.17) is 4.74 Å². The van der Waals surface area contributed by atoms with Crippen LogP contribution in [-0.4, -0.2) is 23.5 Å². The van der Waals surface area contributed by atoms with Gasteiger partial charge in [-0.3, -0.25) is 9.78 Å². The van der Waals surface area contributed by atoms with Gasteiger partial charge < -0.3 is 10.1 Å². The number of esters is 1. The van der Waals surface area contributed by atoms with E-state index in [1.165, 1.54) is 18.0 Å². The summed E-state index contributed by atoms with van der Waals surface area (Å²) < 4.78 is 5.04. The zero-order chi connectivity index (χ0) is 16.1. The highest BCUT2D eigenvalue weighted by Gasteiger charge is 2.21. The molecular formula is C18H18N2O3. The minimum absolute atomic E-state index is 0.00734.